The minimum atomic E-state index is -0.467. The summed E-state index contributed by atoms with van der Waals surface area (Å²) < 4.78 is 5.45. The van der Waals surface area contributed by atoms with Gasteiger partial charge in [0.05, 0.1) is 17.2 Å². The molecule has 0 N–H and O–H groups in total. The van der Waals surface area contributed by atoms with E-state index in [9.17, 15) is 4.79 Å². The van der Waals surface area contributed by atoms with Crippen molar-refractivity contribution in [3.8, 4) is 0 Å². The summed E-state index contributed by atoms with van der Waals surface area (Å²) >= 11 is 0. The van der Waals surface area contributed by atoms with Crippen molar-refractivity contribution in [3.63, 3.8) is 0 Å². The monoisotopic (exact) mass is 328 g/mol. The van der Waals surface area contributed by atoms with Crippen LogP contribution in [0.4, 0.5) is 10.6 Å². The molecule has 2 heterocycles. The zero-order valence-electron chi connectivity index (χ0n) is 14.7. The molecule has 2 aromatic rings. The van der Waals surface area contributed by atoms with Gasteiger partial charge in [-0.15, -0.1) is 0 Å². The second-order valence-electron chi connectivity index (χ2n) is 7.20. The van der Waals surface area contributed by atoms with Gasteiger partial charge in [-0.25, -0.2) is 9.78 Å². The smallest absolute Gasteiger partial charge is 0.410 e. The molecule has 1 aliphatic heterocycles. The minimum Gasteiger partial charge on any atom is -0.444 e. The van der Waals surface area contributed by atoms with E-state index in [1.54, 1.807) is 11.1 Å². The molecule has 6 nitrogen and oxygen atoms in total. The van der Waals surface area contributed by atoms with E-state index in [2.05, 4.69) is 14.9 Å². The van der Waals surface area contributed by atoms with Gasteiger partial charge in [0.25, 0.3) is 0 Å². The van der Waals surface area contributed by atoms with Crippen molar-refractivity contribution in [3.05, 3.63) is 30.5 Å². The topological polar surface area (TPSA) is 58.6 Å². The highest BCUT2D eigenvalue weighted by Crippen LogP contribution is 2.22. The lowest BCUT2D eigenvalue weighted by Crippen LogP contribution is -2.39. The summed E-state index contributed by atoms with van der Waals surface area (Å²) in [6, 6.07) is 8.04. The number of benzene rings is 1. The third-order valence-corrected chi connectivity index (χ3v) is 4.16. The molecule has 0 saturated carbocycles. The van der Waals surface area contributed by atoms with Crippen LogP contribution in [0.5, 0.6) is 0 Å². The first-order valence-corrected chi connectivity index (χ1v) is 8.26. The Morgan fingerprint density at radius 1 is 1.29 bits per heavy atom. The minimum absolute atomic E-state index is 0.216. The zero-order valence-corrected chi connectivity index (χ0v) is 14.7. The molecular weight excluding hydrogens is 304 g/mol. The number of para-hydroxylation sites is 2. The molecule has 128 valence electrons. The van der Waals surface area contributed by atoms with E-state index in [4.69, 9.17) is 4.74 Å². The average molecular weight is 328 g/mol. The molecule has 1 fully saturated rings. The number of hydrogen-bond donors (Lipinski definition) is 0. The molecule has 0 radical (unpaired) electrons. The molecule has 1 aliphatic rings. The highest BCUT2D eigenvalue weighted by molar-refractivity contribution is 5.75. The molecule has 0 unspecified atom stereocenters. The van der Waals surface area contributed by atoms with Crippen LogP contribution in [-0.4, -0.2) is 52.7 Å². The fourth-order valence-electron chi connectivity index (χ4n) is 2.85. The second kappa shape index (κ2) is 6.26. The Labute approximate surface area is 142 Å². The Kier molecular flexibility index (Phi) is 4.30. The summed E-state index contributed by atoms with van der Waals surface area (Å²) in [6.07, 6.45) is 2.44. The van der Waals surface area contributed by atoms with Crippen molar-refractivity contribution in [2.24, 2.45) is 0 Å². The van der Waals surface area contributed by atoms with E-state index in [0.29, 0.717) is 13.1 Å². The molecule has 1 amide bonds. The second-order valence-corrected chi connectivity index (χ2v) is 7.20. The normalized spacial score (nSPS) is 18.0. The summed E-state index contributed by atoms with van der Waals surface area (Å²) in [6.45, 7) is 6.99. The summed E-state index contributed by atoms with van der Waals surface area (Å²) in [5.41, 5.74) is 1.30. The Bertz CT molecular complexity index is 741. The SMILES string of the molecule is CN(c1cnc2ccccc2n1)[C@@H]1CCN(C(=O)OC(C)(C)C)C1. The summed E-state index contributed by atoms with van der Waals surface area (Å²) in [5, 5.41) is 0. The van der Waals surface area contributed by atoms with Gasteiger partial charge >= 0.3 is 6.09 Å². The maximum atomic E-state index is 12.2. The quantitative estimate of drug-likeness (QED) is 0.848. The number of anilines is 1. The van der Waals surface area contributed by atoms with E-state index in [1.807, 2.05) is 52.1 Å². The van der Waals surface area contributed by atoms with Crippen molar-refractivity contribution < 1.29 is 9.53 Å². The van der Waals surface area contributed by atoms with E-state index in [1.165, 1.54) is 0 Å². The van der Waals surface area contributed by atoms with Crippen LogP contribution in [0.2, 0.25) is 0 Å². The molecule has 1 saturated heterocycles. The number of amides is 1. The van der Waals surface area contributed by atoms with Crippen molar-refractivity contribution in [1.29, 1.82) is 0 Å². The van der Waals surface area contributed by atoms with E-state index in [0.717, 1.165) is 23.3 Å². The Morgan fingerprint density at radius 3 is 2.71 bits per heavy atom. The standard InChI is InChI=1S/C18H24N4O2/c1-18(2,3)24-17(23)22-10-9-13(12-22)21(4)16-11-19-14-7-5-6-8-15(14)20-16/h5-8,11,13H,9-10,12H2,1-4H3/t13-/m1/s1. The molecule has 6 heteroatoms. The summed E-state index contributed by atoms with van der Waals surface area (Å²) in [7, 11) is 2.00. The number of rotatable bonds is 2. The fraction of sp³-hybridized carbons (Fsp3) is 0.500. The molecule has 1 aromatic heterocycles. The lowest BCUT2D eigenvalue weighted by Gasteiger charge is -2.27. The number of hydrogen-bond acceptors (Lipinski definition) is 5. The number of likely N-dealkylation sites (N-methyl/N-ethyl adjacent to an activating group) is 1. The van der Waals surface area contributed by atoms with Gasteiger partial charge in [0.15, 0.2) is 0 Å². The fourth-order valence-corrected chi connectivity index (χ4v) is 2.85. The molecular formula is C18H24N4O2. The van der Waals surface area contributed by atoms with Crippen LogP contribution in [0.1, 0.15) is 27.2 Å². The van der Waals surface area contributed by atoms with Crippen LogP contribution in [0.15, 0.2) is 30.5 Å². The number of carbonyl (C=O) groups excluding carboxylic acids is 1. The lowest BCUT2D eigenvalue weighted by atomic mass is 10.2. The van der Waals surface area contributed by atoms with Crippen LogP contribution in [0.3, 0.4) is 0 Å². The van der Waals surface area contributed by atoms with Crippen molar-refractivity contribution >= 4 is 22.9 Å². The third-order valence-electron chi connectivity index (χ3n) is 4.16. The molecule has 3 rings (SSSR count). The maximum absolute atomic E-state index is 12.2. The van der Waals surface area contributed by atoms with Gasteiger partial charge in [-0.1, -0.05) is 12.1 Å². The van der Waals surface area contributed by atoms with E-state index in [-0.39, 0.29) is 12.1 Å². The predicted octanol–water partition coefficient (Wildman–Crippen LogP) is 3.08. The van der Waals surface area contributed by atoms with Gasteiger partial charge in [-0.2, -0.15) is 0 Å². The zero-order chi connectivity index (χ0) is 17.3. The van der Waals surface area contributed by atoms with Gasteiger partial charge in [0.2, 0.25) is 0 Å². The number of likely N-dealkylation sites (tertiary alicyclic amines) is 1. The third kappa shape index (κ3) is 3.58. The average Bonchev–Trinajstić information content (AvgIpc) is 3.02. The molecule has 1 aromatic carbocycles. The van der Waals surface area contributed by atoms with Crippen molar-refractivity contribution in [2.45, 2.75) is 38.8 Å². The highest BCUT2D eigenvalue weighted by atomic mass is 16.6. The number of aromatic nitrogens is 2. The first-order valence-electron chi connectivity index (χ1n) is 8.26. The molecule has 0 bridgehead atoms. The molecule has 0 aliphatic carbocycles. The molecule has 0 spiro atoms. The van der Waals surface area contributed by atoms with Gasteiger partial charge in [-0.05, 0) is 39.3 Å². The van der Waals surface area contributed by atoms with E-state index < -0.39 is 5.60 Å². The maximum Gasteiger partial charge on any atom is 0.410 e. The van der Waals surface area contributed by atoms with Crippen LogP contribution < -0.4 is 4.90 Å². The number of fused-ring (bicyclic) bond motifs is 1. The van der Waals surface area contributed by atoms with Crippen LogP contribution in [0.25, 0.3) is 11.0 Å². The Hall–Kier alpha value is -2.37. The van der Waals surface area contributed by atoms with Gasteiger partial charge < -0.3 is 14.5 Å². The Morgan fingerprint density at radius 2 is 2.00 bits per heavy atom. The van der Waals surface area contributed by atoms with Crippen LogP contribution in [-0.2, 0) is 4.74 Å². The van der Waals surface area contributed by atoms with Gasteiger partial charge in [0, 0.05) is 26.2 Å². The van der Waals surface area contributed by atoms with Gasteiger partial charge in [0.1, 0.15) is 11.4 Å². The van der Waals surface area contributed by atoms with Crippen molar-refractivity contribution in [1.82, 2.24) is 14.9 Å². The number of ether oxygens (including phenoxy) is 1. The van der Waals surface area contributed by atoms with Crippen LogP contribution >= 0.6 is 0 Å². The Balaban J connectivity index is 1.69. The first-order chi connectivity index (χ1) is 11.3. The molecule has 1 atom stereocenters. The van der Waals surface area contributed by atoms with Gasteiger partial charge in [-0.3, -0.25) is 4.98 Å². The van der Waals surface area contributed by atoms with Crippen molar-refractivity contribution in [2.75, 3.05) is 25.0 Å². The highest BCUT2D eigenvalue weighted by Gasteiger charge is 2.32. The van der Waals surface area contributed by atoms with E-state index >= 15 is 0 Å². The predicted molar refractivity (Wildman–Crippen MR) is 94.2 cm³/mol. The lowest BCUT2D eigenvalue weighted by molar-refractivity contribution is 0.0292. The molecule has 24 heavy (non-hydrogen) atoms. The first kappa shape index (κ1) is 16.5. The summed E-state index contributed by atoms with van der Waals surface area (Å²) in [5.74, 6) is 0.824. The number of nitrogens with zero attached hydrogens (tertiary/aromatic N) is 4. The van der Waals surface area contributed by atoms with Crippen LogP contribution in [0, 0.1) is 0 Å². The largest absolute Gasteiger partial charge is 0.444 e. The number of carbonyl (C=O) groups is 1. The summed E-state index contributed by atoms with van der Waals surface area (Å²) in [4.78, 5) is 25.2.